The van der Waals surface area contributed by atoms with Gasteiger partial charge in [0.15, 0.2) is 0 Å². The molecule has 5 heteroatoms. The Balaban J connectivity index is 2.35. The van der Waals surface area contributed by atoms with Crippen LogP contribution in [-0.2, 0) is 9.53 Å². The molecule has 0 aromatic heterocycles. The van der Waals surface area contributed by atoms with Crippen LogP contribution in [0.2, 0.25) is 0 Å². The zero-order chi connectivity index (χ0) is 14.3. The van der Waals surface area contributed by atoms with Gasteiger partial charge in [0.2, 0.25) is 5.91 Å². The summed E-state index contributed by atoms with van der Waals surface area (Å²) in [6, 6.07) is 0.596. The van der Waals surface area contributed by atoms with E-state index < -0.39 is 0 Å². The summed E-state index contributed by atoms with van der Waals surface area (Å²) >= 11 is 0. The molecule has 1 fully saturated rings. The Hall–Kier alpha value is -0.650. The van der Waals surface area contributed by atoms with Crippen molar-refractivity contribution in [1.29, 1.82) is 0 Å². The van der Waals surface area contributed by atoms with Crippen LogP contribution in [0.1, 0.15) is 19.8 Å². The Morgan fingerprint density at radius 3 is 2.63 bits per heavy atom. The molecular formula is C14H29N3O2. The maximum absolute atomic E-state index is 11.6. The van der Waals surface area contributed by atoms with Crippen molar-refractivity contribution in [2.75, 3.05) is 60.5 Å². The minimum absolute atomic E-state index is 0.217. The van der Waals surface area contributed by atoms with Crippen LogP contribution in [0.5, 0.6) is 0 Å². The number of nitrogens with zero attached hydrogens (tertiary/aromatic N) is 3. The second-order valence-electron chi connectivity index (χ2n) is 5.43. The highest BCUT2D eigenvalue weighted by Gasteiger charge is 2.25. The quantitative estimate of drug-likeness (QED) is 0.676. The predicted molar refractivity (Wildman–Crippen MR) is 77.3 cm³/mol. The normalized spacial score (nSPS) is 21.6. The van der Waals surface area contributed by atoms with E-state index in [9.17, 15) is 4.79 Å². The van der Waals surface area contributed by atoms with Gasteiger partial charge in [0.1, 0.15) is 0 Å². The molecular weight excluding hydrogens is 242 g/mol. The molecule has 1 saturated heterocycles. The summed E-state index contributed by atoms with van der Waals surface area (Å²) in [6.07, 6.45) is 1.78. The molecule has 1 amide bonds. The summed E-state index contributed by atoms with van der Waals surface area (Å²) in [4.78, 5) is 18.2. The number of methoxy groups -OCH3 is 1. The molecule has 0 aromatic carbocycles. The van der Waals surface area contributed by atoms with Gasteiger partial charge < -0.3 is 9.64 Å². The summed E-state index contributed by atoms with van der Waals surface area (Å²) in [7, 11) is 5.39. The summed E-state index contributed by atoms with van der Waals surface area (Å²) < 4.78 is 5.16. The minimum Gasteiger partial charge on any atom is -0.383 e. The lowest BCUT2D eigenvalue weighted by Gasteiger charge is -2.41. The van der Waals surface area contributed by atoms with Crippen LogP contribution in [0, 0.1) is 0 Å². The first-order valence-electron chi connectivity index (χ1n) is 7.24. The van der Waals surface area contributed by atoms with Crippen molar-refractivity contribution in [1.82, 2.24) is 14.7 Å². The van der Waals surface area contributed by atoms with Crippen molar-refractivity contribution in [2.24, 2.45) is 0 Å². The van der Waals surface area contributed by atoms with Crippen LogP contribution < -0.4 is 0 Å². The van der Waals surface area contributed by atoms with Crippen molar-refractivity contribution in [3.05, 3.63) is 0 Å². The molecule has 0 radical (unpaired) electrons. The molecule has 0 N–H and O–H groups in total. The monoisotopic (exact) mass is 271 g/mol. The first kappa shape index (κ1) is 16.4. The van der Waals surface area contributed by atoms with E-state index >= 15 is 0 Å². The number of carbonyl (C=O) groups excluding carboxylic acids is 1. The van der Waals surface area contributed by atoms with Crippen LogP contribution in [-0.4, -0.2) is 87.2 Å². The first-order valence-corrected chi connectivity index (χ1v) is 7.24. The molecule has 0 spiro atoms. The van der Waals surface area contributed by atoms with Crippen molar-refractivity contribution < 1.29 is 9.53 Å². The minimum atomic E-state index is 0.217. The standard InChI is InChI=1S/C14H29N3O2/c1-5-13-12-16(7-6-14(18)15(2)3)8-9-17(13)10-11-19-4/h13H,5-12H2,1-4H3/t13-/m0/s1. The lowest BCUT2D eigenvalue weighted by atomic mass is 10.1. The zero-order valence-electron chi connectivity index (χ0n) is 12.9. The lowest BCUT2D eigenvalue weighted by Crippen LogP contribution is -2.54. The molecule has 5 nitrogen and oxygen atoms in total. The van der Waals surface area contributed by atoms with Crippen molar-refractivity contribution in [3.8, 4) is 0 Å². The van der Waals surface area contributed by atoms with Gasteiger partial charge in [0, 0.05) is 66.4 Å². The van der Waals surface area contributed by atoms with Crippen LogP contribution in [0.25, 0.3) is 0 Å². The van der Waals surface area contributed by atoms with E-state index in [1.54, 1.807) is 12.0 Å². The smallest absolute Gasteiger partial charge is 0.223 e. The predicted octanol–water partition coefficient (Wildman–Crippen LogP) is 0.507. The van der Waals surface area contributed by atoms with Gasteiger partial charge in [-0.3, -0.25) is 14.6 Å². The molecule has 0 bridgehead atoms. The first-order chi connectivity index (χ1) is 9.08. The average Bonchev–Trinajstić information content (AvgIpc) is 2.42. The number of piperazine rings is 1. The molecule has 1 rings (SSSR count). The largest absolute Gasteiger partial charge is 0.383 e. The lowest BCUT2D eigenvalue weighted by molar-refractivity contribution is -0.129. The maximum Gasteiger partial charge on any atom is 0.223 e. The van der Waals surface area contributed by atoms with E-state index in [1.807, 2.05) is 14.1 Å². The van der Waals surface area contributed by atoms with Crippen LogP contribution >= 0.6 is 0 Å². The Kier molecular flexibility index (Phi) is 7.34. The van der Waals surface area contributed by atoms with Gasteiger partial charge in [0.25, 0.3) is 0 Å². The van der Waals surface area contributed by atoms with E-state index in [0.29, 0.717) is 12.5 Å². The van der Waals surface area contributed by atoms with Gasteiger partial charge in [-0.15, -0.1) is 0 Å². The topological polar surface area (TPSA) is 36.0 Å². The van der Waals surface area contributed by atoms with Crippen molar-refractivity contribution >= 4 is 5.91 Å². The maximum atomic E-state index is 11.6. The highest BCUT2D eigenvalue weighted by atomic mass is 16.5. The van der Waals surface area contributed by atoms with Gasteiger partial charge >= 0.3 is 0 Å². The SMILES string of the molecule is CC[C@H]1CN(CCC(=O)N(C)C)CCN1CCOC. The second-order valence-corrected chi connectivity index (χ2v) is 5.43. The Bertz CT molecular complexity index is 271. The molecule has 112 valence electrons. The number of carbonyl (C=O) groups is 1. The average molecular weight is 271 g/mol. The van der Waals surface area contributed by atoms with Gasteiger partial charge in [-0.1, -0.05) is 6.92 Å². The summed E-state index contributed by atoms with van der Waals surface area (Å²) in [5, 5.41) is 0. The van der Waals surface area contributed by atoms with Crippen molar-refractivity contribution in [2.45, 2.75) is 25.8 Å². The molecule has 1 atom stereocenters. The highest BCUT2D eigenvalue weighted by molar-refractivity contribution is 5.75. The fraction of sp³-hybridized carbons (Fsp3) is 0.929. The third-order valence-corrected chi connectivity index (χ3v) is 3.88. The Morgan fingerprint density at radius 2 is 2.05 bits per heavy atom. The highest BCUT2D eigenvalue weighted by Crippen LogP contribution is 2.13. The van der Waals surface area contributed by atoms with Crippen LogP contribution in [0.3, 0.4) is 0 Å². The van der Waals surface area contributed by atoms with Gasteiger partial charge in [-0.2, -0.15) is 0 Å². The molecule has 1 heterocycles. The number of ether oxygens (including phenoxy) is 1. The molecule has 1 aliphatic rings. The third-order valence-electron chi connectivity index (χ3n) is 3.88. The summed E-state index contributed by atoms with van der Waals surface area (Å²) in [5.74, 6) is 0.217. The Morgan fingerprint density at radius 1 is 1.32 bits per heavy atom. The van der Waals surface area contributed by atoms with Crippen molar-refractivity contribution in [3.63, 3.8) is 0 Å². The number of rotatable bonds is 7. The van der Waals surface area contributed by atoms with Gasteiger partial charge in [0.05, 0.1) is 6.61 Å². The Labute approximate surface area is 117 Å². The van der Waals surface area contributed by atoms with Gasteiger partial charge in [-0.05, 0) is 6.42 Å². The van der Waals surface area contributed by atoms with E-state index in [1.165, 1.54) is 0 Å². The molecule has 19 heavy (non-hydrogen) atoms. The fourth-order valence-corrected chi connectivity index (χ4v) is 2.53. The molecule has 1 aliphatic heterocycles. The van der Waals surface area contributed by atoms with Gasteiger partial charge in [-0.25, -0.2) is 0 Å². The summed E-state index contributed by atoms with van der Waals surface area (Å²) in [5.41, 5.74) is 0. The molecule has 0 aromatic rings. The molecule has 0 aliphatic carbocycles. The van der Waals surface area contributed by atoms with Crippen LogP contribution in [0.15, 0.2) is 0 Å². The van der Waals surface area contributed by atoms with E-state index in [0.717, 1.165) is 45.8 Å². The third kappa shape index (κ3) is 5.47. The van der Waals surface area contributed by atoms with Crippen LogP contribution in [0.4, 0.5) is 0 Å². The second kappa shape index (κ2) is 8.51. The summed E-state index contributed by atoms with van der Waals surface area (Å²) in [6.45, 7) is 8.14. The molecule has 0 unspecified atom stereocenters. The number of hydrogen-bond acceptors (Lipinski definition) is 4. The van der Waals surface area contributed by atoms with E-state index in [4.69, 9.17) is 4.74 Å². The van der Waals surface area contributed by atoms with E-state index in [2.05, 4.69) is 16.7 Å². The fourth-order valence-electron chi connectivity index (χ4n) is 2.53. The number of hydrogen-bond donors (Lipinski definition) is 0. The van der Waals surface area contributed by atoms with E-state index in [-0.39, 0.29) is 5.91 Å². The zero-order valence-corrected chi connectivity index (χ0v) is 12.9. The number of amides is 1. The molecule has 0 saturated carbocycles.